The molecular weight excluding hydrogens is 391 g/mol. The van der Waals surface area contributed by atoms with Crippen LogP contribution in [0.1, 0.15) is 13.8 Å². The van der Waals surface area contributed by atoms with Crippen molar-refractivity contribution >= 4 is 34.8 Å². The molecule has 1 aromatic carbocycles. The molecule has 8 nitrogen and oxygen atoms in total. The first-order valence-electron chi connectivity index (χ1n) is 8.19. The van der Waals surface area contributed by atoms with Crippen LogP contribution in [0, 0.1) is 0 Å². The molecule has 27 heavy (non-hydrogen) atoms. The normalized spacial score (nSPS) is 11.8. The highest BCUT2D eigenvalue weighted by Crippen LogP contribution is 2.30. The summed E-state index contributed by atoms with van der Waals surface area (Å²) >= 11 is 12.3. The van der Waals surface area contributed by atoms with Gasteiger partial charge in [-0.05, 0) is 38.1 Å². The van der Waals surface area contributed by atoms with E-state index in [9.17, 15) is 4.79 Å². The van der Waals surface area contributed by atoms with Crippen LogP contribution in [0.2, 0.25) is 10.0 Å². The van der Waals surface area contributed by atoms with Gasteiger partial charge in [0.2, 0.25) is 11.8 Å². The molecule has 2 aromatic heterocycles. The molecule has 1 amide bonds. The Kier molecular flexibility index (Phi) is 5.32. The fraction of sp³-hybridized carbons (Fsp3) is 0.353. The first-order valence-corrected chi connectivity index (χ1v) is 8.94. The summed E-state index contributed by atoms with van der Waals surface area (Å²) in [4.78, 5) is 13.7. The highest BCUT2D eigenvalue weighted by atomic mass is 35.5. The lowest BCUT2D eigenvalue weighted by Gasteiger charge is -2.28. The fourth-order valence-electron chi connectivity index (χ4n) is 2.59. The Balaban J connectivity index is 1.78. The number of nitrogens with zero attached hydrogens (tertiary/aromatic N) is 4. The number of carbonyl (C=O) groups is 1. The Morgan fingerprint density at radius 2 is 1.93 bits per heavy atom. The first kappa shape index (κ1) is 19.5. The van der Waals surface area contributed by atoms with Crippen molar-refractivity contribution < 1.29 is 9.53 Å². The van der Waals surface area contributed by atoms with E-state index in [1.54, 1.807) is 44.6 Å². The van der Waals surface area contributed by atoms with Gasteiger partial charge in [-0.25, -0.2) is 4.52 Å². The maximum absolute atomic E-state index is 12.1. The second kappa shape index (κ2) is 7.38. The molecular formula is C17H20Cl2N6O2. The molecule has 2 N–H and O–H groups in total. The van der Waals surface area contributed by atoms with Crippen LogP contribution in [0.15, 0.2) is 24.3 Å². The summed E-state index contributed by atoms with van der Waals surface area (Å²) in [6, 6.07) is 7.22. The van der Waals surface area contributed by atoms with E-state index in [4.69, 9.17) is 27.9 Å². The van der Waals surface area contributed by atoms with Crippen molar-refractivity contribution in [3.8, 4) is 17.3 Å². The van der Waals surface area contributed by atoms with Crippen LogP contribution in [0.25, 0.3) is 17.0 Å². The van der Waals surface area contributed by atoms with Crippen molar-refractivity contribution in [3.05, 3.63) is 34.3 Å². The van der Waals surface area contributed by atoms with Gasteiger partial charge in [-0.2, -0.15) is 0 Å². The van der Waals surface area contributed by atoms with Gasteiger partial charge in [0, 0.05) is 24.7 Å². The molecule has 0 fully saturated rings. The highest BCUT2D eigenvalue weighted by molar-refractivity contribution is 6.34. The third kappa shape index (κ3) is 3.87. The van der Waals surface area contributed by atoms with Crippen molar-refractivity contribution in [1.29, 1.82) is 0 Å². The van der Waals surface area contributed by atoms with Gasteiger partial charge in [-0.1, -0.05) is 23.2 Å². The average Bonchev–Trinajstić information content (AvgIpc) is 3.16. The number of benzene rings is 1. The van der Waals surface area contributed by atoms with Crippen molar-refractivity contribution in [1.82, 2.24) is 30.0 Å². The van der Waals surface area contributed by atoms with Crippen LogP contribution in [0.4, 0.5) is 0 Å². The minimum atomic E-state index is -0.779. The van der Waals surface area contributed by atoms with E-state index < -0.39 is 5.54 Å². The van der Waals surface area contributed by atoms with Crippen molar-refractivity contribution in [2.45, 2.75) is 19.4 Å². The molecule has 0 aliphatic carbocycles. The number of halogens is 2. The fourth-order valence-corrected chi connectivity index (χ4v) is 2.93. The minimum Gasteiger partial charge on any atom is -0.461 e. The largest absolute Gasteiger partial charge is 0.461 e. The number of hydrogen-bond acceptors (Lipinski definition) is 5. The number of likely N-dealkylation sites (N-methyl/N-ethyl adjacent to an activating group) is 1. The number of rotatable bonds is 6. The molecule has 0 aliphatic heterocycles. The topological polar surface area (TPSA) is 87.6 Å². The Labute approximate surface area is 166 Å². The number of aromatic nitrogens is 4. The van der Waals surface area contributed by atoms with Gasteiger partial charge in [0.25, 0.3) is 0 Å². The number of H-pyrrole nitrogens is 1. The van der Waals surface area contributed by atoms with E-state index in [0.29, 0.717) is 27.4 Å². The molecule has 3 rings (SSSR count). The lowest BCUT2D eigenvalue weighted by atomic mass is 10.0. The van der Waals surface area contributed by atoms with Crippen molar-refractivity contribution in [3.63, 3.8) is 0 Å². The molecule has 0 radical (unpaired) electrons. The number of carbonyl (C=O) groups excluding carboxylic acids is 1. The first-order chi connectivity index (χ1) is 12.7. The Morgan fingerprint density at radius 3 is 2.56 bits per heavy atom. The van der Waals surface area contributed by atoms with Gasteiger partial charge >= 0.3 is 0 Å². The second-order valence-corrected chi connectivity index (χ2v) is 7.55. The van der Waals surface area contributed by atoms with Gasteiger partial charge < -0.3 is 9.64 Å². The predicted octanol–water partition coefficient (Wildman–Crippen LogP) is 2.82. The summed E-state index contributed by atoms with van der Waals surface area (Å²) in [5.74, 6) is 0.847. The molecule has 0 saturated heterocycles. The number of nitrogens with one attached hydrogen (secondary N) is 2. The third-order valence-electron chi connectivity index (χ3n) is 4.05. The molecule has 144 valence electrons. The van der Waals surface area contributed by atoms with Crippen LogP contribution < -0.4 is 10.1 Å². The van der Waals surface area contributed by atoms with Crippen LogP contribution in [-0.2, 0) is 4.79 Å². The van der Waals surface area contributed by atoms with E-state index in [-0.39, 0.29) is 12.6 Å². The lowest BCUT2D eigenvalue weighted by molar-refractivity contribution is -0.134. The summed E-state index contributed by atoms with van der Waals surface area (Å²) in [6.07, 6.45) is 0. The van der Waals surface area contributed by atoms with Crippen molar-refractivity contribution in [2.24, 2.45) is 0 Å². The molecule has 0 atom stereocenters. The lowest BCUT2D eigenvalue weighted by Crippen LogP contribution is -2.53. The second-order valence-electron chi connectivity index (χ2n) is 6.73. The van der Waals surface area contributed by atoms with Gasteiger partial charge in [0.05, 0.1) is 5.54 Å². The maximum atomic E-state index is 12.1. The zero-order chi connectivity index (χ0) is 19.8. The van der Waals surface area contributed by atoms with Gasteiger partial charge in [0.1, 0.15) is 11.8 Å². The molecule has 0 spiro atoms. The molecule has 0 bridgehead atoms. The zero-order valence-electron chi connectivity index (χ0n) is 15.4. The van der Waals surface area contributed by atoms with Crippen LogP contribution >= 0.6 is 23.2 Å². The summed E-state index contributed by atoms with van der Waals surface area (Å²) < 4.78 is 7.31. The SMILES string of the molecule is CN(C)C(=O)C(C)(C)NCOc1[nH]n2c(-c3ccc(Cl)cc3)nnc2c1Cl. The summed E-state index contributed by atoms with van der Waals surface area (Å²) in [6.45, 7) is 3.65. The highest BCUT2D eigenvalue weighted by Gasteiger charge is 2.28. The number of aromatic amines is 1. The van der Waals surface area contributed by atoms with E-state index in [1.165, 1.54) is 4.90 Å². The van der Waals surface area contributed by atoms with Crippen LogP contribution in [0.3, 0.4) is 0 Å². The molecule has 0 saturated carbocycles. The Bertz CT molecular complexity index is 962. The number of hydrogen-bond donors (Lipinski definition) is 2. The number of ether oxygens (including phenoxy) is 1. The van der Waals surface area contributed by atoms with E-state index >= 15 is 0 Å². The Hall–Kier alpha value is -2.29. The minimum absolute atomic E-state index is 0.0623. The monoisotopic (exact) mass is 410 g/mol. The molecule has 0 aliphatic rings. The zero-order valence-corrected chi connectivity index (χ0v) is 16.9. The molecule has 0 unspecified atom stereocenters. The van der Waals surface area contributed by atoms with Gasteiger partial charge in [-0.3, -0.25) is 15.2 Å². The van der Waals surface area contributed by atoms with E-state index in [2.05, 4.69) is 20.6 Å². The summed E-state index contributed by atoms with van der Waals surface area (Å²) in [5.41, 5.74) is 0.492. The third-order valence-corrected chi connectivity index (χ3v) is 4.64. The smallest absolute Gasteiger partial charge is 0.241 e. The van der Waals surface area contributed by atoms with Gasteiger partial charge in [0.15, 0.2) is 11.5 Å². The van der Waals surface area contributed by atoms with E-state index in [0.717, 1.165) is 5.56 Å². The average molecular weight is 411 g/mol. The maximum Gasteiger partial charge on any atom is 0.241 e. The number of fused-ring (bicyclic) bond motifs is 1. The summed E-state index contributed by atoms with van der Waals surface area (Å²) in [7, 11) is 3.41. The Morgan fingerprint density at radius 1 is 1.26 bits per heavy atom. The predicted molar refractivity (Wildman–Crippen MR) is 104 cm³/mol. The van der Waals surface area contributed by atoms with E-state index in [1.807, 2.05) is 12.1 Å². The molecule has 2 heterocycles. The van der Waals surface area contributed by atoms with Crippen molar-refractivity contribution in [2.75, 3.05) is 20.8 Å². The molecule has 3 aromatic rings. The quantitative estimate of drug-likeness (QED) is 0.610. The number of amides is 1. The van der Waals surface area contributed by atoms with Gasteiger partial charge in [-0.15, -0.1) is 10.2 Å². The standard InChI is InChI=1S/C17H20Cl2N6O2/c1-17(2,16(26)24(3)4)20-9-27-15-12(19)14-22-21-13(25(14)23-15)10-5-7-11(18)8-6-10/h5-8,20,23H,9H2,1-4H3. The summed E-state index contributed by atoms with van der Waals surface area (Å²) in [5, 5.41) is 15.3. The van der Waals surface area contributed by atoms with Crippen LogP contribution in [-0.4, -0.2) is 57.0 Å². The van der Waals surface area contributed by atoms with Crippen LogP contribution in [0.5, 0.6) is 5.88 Å². The molecule has 10 heteroatoms.